The van der Waals surface area contributed by atoms with Crippen molar-refractivity contribution in [2.24, 2.45) is 0 Å². The zero-order valence-electron chi connectivity index (χ0n) is 12.3. The van der Waals surface area contributed by atoms with Crippen molar-refractivity contribution < 1.29 is 9.21 Å². The number of aromatic amines is 1. The molecule has 4 heterocycles. The Hall–Kier alpha value is -2.90. The van der Waals surface area contributed by atoms with Gasteiger partial charge in [0.1, 0.15) is 0 Å². The van der Waals surface area contributed by atoms with Crippen molar-refractivity contribution in [3.8, 4) is 0 Å². The summed E-state index contributed by atoms with van der Waals surface area (Å²) in [4.78, 5) is 37.6. The van der Waals surface area contributed by atoms with E-state index in [0.29, 0.717) is 18.0 Å². The van der Waals surface area contributed by atoms with E-state index in [0.717, 1.165) is 19.3 Å². The van der Waals surface area contributed by atoms with Gasteiger partial charge in [-0.25, -0.2) is 9.97 Å². The number of rotatable bonds is 2. The summed E-state index contributed by atoms with van der Waals surface area (Å²) in [5.41, 5.74) is 0.533. The molecule has 1 saturated heterocycles. The second-order valence-electron chi connectivity index (χ2n) is 5.56. The standard InChI is InChI=1S/C15H15N5O3/c21-13-7-10(18-15-17-4-6-20(13)15)11-3-1-2-5-19(11)14(22)12-8-16-9-23-12/h4,6-9,11H,1-3,5H2,(H,17,18)/t11-/m1/s1. The molecule has 1 aliphatic heterocycles. The number of carbonyl (C=O) groups is 1. The zero-order chi connectivity index (χ0) is 15.8. The lowest BCUT2D eigenvalue weighted by Gasteiger charge is -2.35. The van der Waals surface area contributed by atoms with Crippen molar-refractivity contribution in [2.45, 2.75) is 25.3 Å². The predicted molar refractivity (Wildman–Crippen MR) is 79.9 cm³/mol. The van der Waals surface area contributed by atoms with E-state index < -0.39 is 0 Å². The Morgan fingerprint density at radius 1 is 1.39 bits per heavy atom. The van der Waals surface area contributed by atoms with Crippen LogP contribution in [-0.2, 0) is 0 Å². The average molecular weight is 313 g/mol. The fourth-order valence-corrected chi connectivity index (χ4v) is 3.08. The maximum absolute atomic E-state index is 12.6. The lowest BCUT2D eigenvalue weighted by molar-refractivity contribution is 0.0573. The number of fused-ring (bicyclic) bond motifs is 1. The summed E-state index contributed by atoms with van der Waals surface area (Å²) in [7, 11) is 0. The Morgan fingerprint density at radius 2 is 2.30 bits per heavy atom. The van der Waals surface area contributed by atoms with Gasteiger partial charge in [0.15, 0.2) is 6.39 Å². The molecule has 1 atom stereocenters. The smallest absolute Gasteiger partial charge is 0.291 e. The number of carbonyl (C=O) groups excluding carboxylic acids is 1. The van der Waals surface area contributed by atoms with Crippen molar-refractivity contribution in [3.05, 3.63) is 52.9 Å². The Kier molecular flexibility index (Phi) is 3.22. The van der Waals surface area contributed by atoms with E-state index in [1.54, 1.807) is 17.3 Å². The number of nitrogens with one attached hydrogen (secondary N) is 1. The number of hydrogen-bond donors (Lipinski definition) is 1. The lowest BCUT2D eigenvalue weighted by Crippen LogP contribution is -2.39. The van der Waals surface area contributed by atoms with Gasteiger partial charge in [0.25, 0.3) is 11.5 Å². The van der Waals surface area contributed by atoms with E-state index in [2.05, 4.69) is 15.0 Å². The molecule has 1 fully saturated rings. The summed E-state index contributed by atoms with van der Waals surface area (Å²) in [6, 6.07) is 1.33. The highest BCUT2D eigenvalue weighted by molar-refractivity contribution is 5.91. The number of likely N-dealkylation sites (tertiary alicyclic amines) is 1. The molecule has 118 valence electrons. The summed E-state index contributed by atoms with van der Waals surface area (Å²) in [6.45, 7) is 0.617. The normalized spacial score (nSPS) is 18.4. The molecular formula is C15H15N5O3. The minimum Gasteiger partial charge on any atom is -0.438 e. The SMILES string of the molecule is O=C(c1cnco1)N1CCCC[C@@H]1c1cc(=O)n2ccnc2[nH]1. The van der Waals surface area contributed by atoms with Crippen molar-refractivity contribution in [1.29, 1.82) is 0 Å². The molecule has 4 rings (SSSR count). The Morgan fingerprint density at radius 3 is 3.13 bits per heavy atom. The summed E-state index contributed by atoms with van der Waals surface area (Å²) in [5, 5.41) is 0. The monoisotopic (exact) mass is 313 g/mol. The fraction of sp³-hybridized carbons (Fsp3) is 0.333. The van der Waals surface area contributed by atoms with Crippen LogP contribution in [0.5, 0.6) is 0 Å². The molecule has 0 unspecified atom stereocenters. The predicted octanol–water partition coefficient (Wildman–Crippen LogP) is 1.38. The van der Waals surface area contributed by atoms with Crippen LogP contribution >= 0.6 is 0 Å². The molecule has 0 radical (unpaired) electrons. The van der Waals surface area contributed by atoms with E-state index in [-0.39, 0.29) is 23.3 Å². The van der Waals surface area contributed by atoms with Crippen LogP contribution in [0.1, 0.15) is 41.6 Å². The highest BCUT2D eigenvalue weighted by Gasteiger charge is 2.31. The minimum atomic E-state index is -0.212. The van der Waals surface area contributed by atoms with Gasteiger partial charge in [-0.15, -0.1) is 0 Å². The molecule has 8 nitrogen and oxygen atoms in total. The number of amides is 1. The third kappa shape index (κ3) is 2.32. The Labute approximate surface area is 130 Å². The number of nitrogens with zero attached hydrogens (tertiary/aromatic N) is 4. The molecule has 0 spiro atoms. The molecule has 1 aliphatic rings. The van der Waals surface area contributed by atoms with Gasteiger partial charge in [0, 0.05) is 30.7 Å². The van der Waals surface area contributed by atoms with E-state index in [9.17, 15) is 9.59 Å². The molecule has 1 N–H and O–H groups in total. The van der Waals surface area contributed by atoms with Crippen molar-refractivity contribution >= 4 is 11.7 Å². The van der Waals surface area contributed by atoms with Gasteiger partial charge in [-0.05, 0) is 19.3 Å². The quantitative estimate of drug-likeness (QED) is 0.771. The number of oxazole rings is 1. The average Bonchev–Trinajstić information content (AvgIpc) is 3.25. The van der Waals surface area contributed by atoms with Gasteiger partial charge in [0.05, 0.1) is 12.2 Å². The van der Waals surface area contributed by atoms with Crippen LogP contribution in [0.25, 0.3) is 5.78 Å². The largest absolute Gasteiger partial charge is 0.438 e. The number of aromatic nitrogens is 4. The first-order chi connectivity index (χ1) is 11.2. The van der Waals surface area contributed by atoms with Gasteiger partial charge in [-0.3, -0.25) is 14.0 Å². The van der Waals surface area contributed by atoms with E-state index >= 15 is 0 Å². The maximum Gasteiger partial charge on any atom is 0.291 e. The van der Waals surface area contributed by atoms with E-state index in [1.807, 2.05) is 0 Å². The highest BCUT2D eigenvalue weighted by atomic mass is 16.3. The molecule has 3 aromatic rings. The fourth-order valence-electron chi connectivity index (χ4n) is 3.08. The second-order valence-corrected chi connectivity index (χ2v) is 5.56. The Bertz CT molecular complexity index is 895. The number of imidazole rings is 1. The molecule has 8 heteroatoms. The molecule has 0 aliphatic carbocycles. The molecular weight excluding hydrogens is 298 g/mol. The van der Waals surface area contributed by atoms with Crippen molar-refractivity contribution in [3.63, 3.8) is 0 Å². The zero-order valence-corrected chi connectivity index (χ0v) is 12.3. The third-order valence-electron chi connectivity index (χ3n) is 4.18. The second kappa shape index (κ2) is 5.38. The van der Waals surface area contributed by atoms with Gasteiger partial charge in [0.2, 0.25) is 11.5 Å². The molecule has 1 amide bonds. The van der Waals surface area contributed by atoms with Crippen molar-refractivity contribution in [2.75, 3.05) is 6.54 Å². The summed E-state index contributed by atoms with van der Waals surface area (Å²) >= 11 is 0. The van der Waals surface area contributed by atoms with E-state index in [4.69, 9.17) is 4.42 Å². The van der Waals surface area contributed by atoms with Crippen LogP contribution in [0, 0.1) is 0 Å². The van der Waals surface area contributed by atoms with E-state index in [1.165, 1.54) is 23.1 Å². The number of H-pyrrole nitrogens is 1. The minimum absolute atomic E-state index is 0.163. The summed E-state index contributed by atoms with van der Waals surface area (Å²) in [5.74, 6) is 0.475. The van der Waals surface area contributed by atoms with Gasteiger partial charge in [-0.1, -0.05) is 0 Å². The molecule has 0 saturated carbocycles. The molecule has 3 aromatic heterocycles. The van der Waals surface area contributed by atoms with Crippen LogP contribution in [0.2, 0.25) is 0 Å². The lowest BCUT2D eigenvalue weighted by atomic mass is 9.98. The maximum atomic E-state index is 12.6. The molecule has 0 aromatic carbocycles. The number of hydrogen-bond acceptors (Lipinski definition) is 5. The highest BCUT2D eigenvalue weighted by Crippen LogP contribution is 2.30. The number of piperidine rings is 1. The van der Waals surface area contributed by atoms with Crippen LogP contribution in [0.3, 0.4) is 0 Å². The van der Waals surface area contributed by atoms with Gasteiger partial charge in [-0.2, -0.15) is 0 Å². The summed E-state index contributed by atoms with van der Waals surface area (Å²) < 4.78 is 6.56. The first kappa shape index (κ1) is 13.7. The van der Waals surface area contributed by atoms with Gasteiger partial charge < -0.3 is 14.3 Å². The Balaban J connectivity index is 1.74. The topological polar surface area (TPSA) is 96.5 Å². The van der Waals surface area contributed by atoms with Crippen molar-refractivity contribution in [1.82, 2.24) is 24.3 Å². The van der Waals surface area contributed by atoms with Crippen LogP contribution in [0.4, 0.5) is 0 Å². The third-order valence-corrected chi connectivity index (χ3v) is 4.18. The van der Waals surface area contributed by atoms with Crippen LogP contribution < -0.4 is 5.56 Å². The first-order valence-corrected chi connectivity index (χ1v) is 7.50. The van der Waals surface area contributed by atoms with Crippen LogP contribution in [0.15, 0.2) is 40.3 Å². The van der Waals surface area contributed by atoms with Gasteiger partial charge >= 0.3 is 0 Å². The molecule has 23 heavy (non-hydrogen) atoms. The first-order valence-electron chi connectivity index (χ1n) is 7.50. The van der Waals surface area contributed by atoms with Crippen LogP contribution in [-0.4, -0.2) is 36.7 Å². The molecule has 0 bridgehead atoms. The summed E-state index contributed by atoms with van der Waals surface area (Å²) in [6.07, 6.45) is 8.52.